The number of phosphoric acid groups is 1. The quantitative estimate of drug-likeness (QED) is 0.0265. The molecule has 0 aromatic rings. The standard InChI is InChI=1S/C49H94NO8P/c1-3-5-7-9-11-13-15-17-19-21-22-23-24-26-27-29-31-33-35-37-39-41-48(51)55-45-47(46-57-59(53,54)56-44-43-50)58-49(52)42-40-38-36-34-32-30-28-25-20-18-16-14-12-10-8-6-4-2/h12,14,18,20,47H,3-11,13,15-17,19,21-46,50H2,1-2H3,(H,53,54)/t47-/m1/s1. The molecule has 0 aromatic heterocycles. The Kier molecular flexibility index (Phi) is 44.8. The highest BCUT2D eigenvalue weighted by Crippen LogP contribution is 2.43. The second-order valence-corrected chi connectivity index (χ2v) is 18.1. The second-order valence-electron chi connectivity index (χ2n) is 16.7. The van der Waals surface area contributed by atoms with Gasteiger partial charge in [-0.15, -0.1) is 0 Å². The van der Waals surface area contributed by atoms with Crippen molar-refractivity contribution >= 4 is 19.8 Å². The van der Waals surface area contributed by atoms with E-state index in [2.05, 4.69) is 38.2 Å². The van der Waals surface area contributed by atoms with E-state index in [1.807, 2.05) is 0 Å². The number of carbonyl (C=O) groups excluding carboxylic acids is 2. The molecule has 0 spiro atoms. The van der Waals surface area contributed by atoms with Crippen LogP contribution in [-0.4, -0.2) is 49.3 Å². The van der Waals surface area contributed by atoms with Crippen molar-refractivity contribution in [1.29, 1.82) is 0 Å². The molecule has 0 saturated heterocycles. The van der Waals surface area contributed by atoms with Gasteiger partial charge in [0.2, 0.25) is 0 Å². The van der Waals surface area contributed by atoms with E-state index in [1.54, 1.807) is 0 Å². The third-order valence-corrected chi connectivity index (χ3v) is 11.8. The molecule has 348 valence electrons. The van der Waals surface area contributed by atoms with E-state index >= 15 is 0 Å². The average molecular weight is 856 g/mol. The summed E-state index contributed by atoms with van der Waals surface area (Å²) in [7, 11) is -4.38. The zero-order valence-electron chi connectivity index (χ0n) is 38.5. The van der Waals surface area contributed by atoms with Crippen LogP contribution in [0.25, 0.3) is 0 Å². The van der Waals surface area contributed by atoms with E-state index in [4.69, 9.17) is 24.3 Å². The van der Waals surface area contributed by atoms with Crippen molar-refractivity contribution in [3.8, 4) is 0 Å². The zero-order valence-corrected chi connectivity index (χ0v) is 39.4. The van der Waals surface area contributed by atoms with E-state index in [0.29, 0.717) is 6.42 Å². The van der Waals surface area contributed by atoms with Crippen LogP contribution < -0.4 is 5.73 Å². The van der Waals surface area contributed by atoms with Gasteiger partial charge in [-0.3, -0.25) is 18.6 Å². The minimum atomic E-state index is -4.38. The molecule has 0 heterocycles. The average Bonchev–Trinajstić information content (AvgIpc) is 3.22. The molecule has 0 fully saturated rings. The van der Waals surface area contributed by atoms with E-state index in [9.17, 15) is 19.0 Å². The molecule has 0 saturated carbocycles. The fraction of sp³-hybridized carbons (Fsp3) is 0.878. The summed E-state index contributed by atoms with van der Waals surface area (Å²) in [6, 6.07) is 0. The first kappa shape index (κ1) is 57.5. The Morgan fingerprint density at radius 3 is 1.32 bits per heavy atom. The Morgan fingerprint density at radius 1 is 0.508 bits per heavy atom. The van der Waals surface area contributed by atoms with E-state index in [0.717, 1.165) is 51.4 Å². The maximum Gasteiger partial charge on any atom is 0.472 e. The summed E-state index contributed by atoms with van der Waals surface area (Å²) in [5, 5.41) is 0. The number of esters is 2. The number of phosphoric ester groups is 1. The molecular weight excluding hydrogens is 762 g/mol. The van der Waals surface area contributed by atoms with Crippen molar-refractivity contribution in [1.82, 2.24) is 0 Å². The topological polar surface area (TPSA) is 134 Å². The third kappa shape index (κ3) is 45.8. The van der Waals surface area contributed by atoms with Crippen LogP contribution in [0.2, 0.25) is 0 Å². The monoisotopic (exact) mass is 856 g/mol. The zero-order chi connectivity index (χ0) is 43.2. The molecule has 0 radical (unpaired) electrons. The first-order valence-electron chi connectivity index (χ1n) is 24.8. The lowest BCUT2D eigenvalue weighted by Crippen LogP contribution is -2.29. The second kappa shape index (κ2) is 46.0. The highest BCUT2D eigenvalue weighted by Gasteiger charge is 2.26. The van der Waals surface area contributed by atoms with Crippen molar-refractivity contribution in [2.75, 3.05) is 26.4 Å². The van der Waals surface area contributed by atoms with Crippen molar-refractivity contribution in [3.05, 3.63) is 24.3 Å². The van der Waals surface area contributed by atoms with Crippen LogP contribution in [0.4, 0.5) is 0 Å². The highest BCUT2D eigenvalue weighted by molar-refractivity contribution is 7.47. The summed E-state index contributed by atoms with van der Waals surface area (Å²) in [5.41, 5.74) is 5.36. The number of hydrogen-bond acceptors (Lipinski definition) is 8. The molecule has 59 heavy (non-hydrogen) atoms. The number of ether oxygens (including phenoxy) is 2. The number of carbonyl (C=O) groups is 2. The van der Waals surface area contributed by atoms with Crippen LogP contribution in [0.3, 0.4) is 0 Å². The molecule has 10 heteroatoms. The smallest absolute Gasteiger partial charge is 0.462 e. The predicted octanol–water partition coefficient (Wildman–Crippen LogP) is 14.7. The highest BCUT2D eigenvalue weighted by atomic mass is 31.2. The van der Waals surface area contributed by atoms with E-state index in [1.165, 1.54) is 161 Å². The molecule has 0 aliphatic carbocycles. The predicted molar refractivity (Wildman–Crippen MR) is 247 cm³/mol. The van der Waals surface area contributed by atoms with E-state index < -0.39 is 26.5 Å². The first-order chi connectivity index (χ1) is 28.8. The van der Waals surface area contributed by atoms with Crippen LogP contribution in [0.1, 0.15) is 245 Å². The minimum Gasteiger partial charge on any atom is -0.462 e. The molecule has 0 bridgehead atoms. The fourth-order valence-electron chi connectivity index (χ4n) is 7.14. The van der Waals surface area contributed by atoms with Gasteiger partial charge in [0.25, 0.3) is 0 Å². The van der Waals surface area contributed by atoms with Gasteiger partial charge < -0.3 is 20.1 Å². The maximum absolute atomic E-state index is 12.6. The molecule has 9 nitrogen and oxygen atoms in total. The summed E-state index contributed by atoms with van der Waals surface area (Å²) < 4.78 is 32.9. The van der Waals surface area contributed by atoms with Gasteiger partial charge in [0.05, 0.1) is 13.2 Å². The minimum absolute atomic E-state index is 0.0538. The van der Waals surface area contributed by atoms with Crippen LogP contribution >= 0.6 is 7.82 Å². The van der Waals surface area contributed by atoms with Crippen LogP contribution in [-0.2, 0) is 32.7 Å². The summed E-state index contributed by atoms with van der Waals surface area (Å²) >= 11 is 0. The maximum atomic E-state index is 12.6. The van der Waals surface area contributed by atoms with Gasteiger partial charge in [-0.25, -0.2) is 4.57 Å². The Balaban J connectivity index is 4.03. The van der Waals surface area contributed by atoms with Crippen molar-refractivity contribution in [2.45, 2.75) is 251 Å². The molecule has 3 N–H and O–H groups in total. The van der Waals surface area contributed by atoms with Crippen molar-refractivity contribution in [2.24, 2.45) is 5.73 Å². The fourth-order valence-corrected chi connectivity index (χ4v) is 7.90. The lowest BCUT2D eigenvalue weighted by Gasteiger charge is -2.19. The van der Waals surface area contributed by atoms with Gasteiger partial charge in [-0.2, -0.15) is 0 Å². The van der Waals surface area contributed by atoms with Crippen LogP contribution in [0.15, 0.2) is 24.3 Å². The molecule has 2 atom stereocenters. The SMILES string of the molecule is CCCCCC=CCC=CCCCCCCCCCC(=O)O[C@H](COC(=O)CCCCCCCCCCCCCCCCCCCCCCC)COP(=O)(O)OCCN. The summed E-state index contributed by atoms with van der Waals surface area (Å²) in [4.78, 5) is 35.0. The van der Waals surface area contributed by atoms with Crippen LogP contribution in [0.5, 0.6) is 0 Å². The van der Waals surface area contributed by atoms with Gasteiger partial charge >= 0.3 is 19.8 Å². The summed E-state index contributed by atoms with van der Waals surface area (Å²) in [6.45, 7) is 3.74. The van der Waals surface area contributed by atoms with Gasteiger partial charge in [-0.05, 0) is 44.9 Å². The number of rotatable bonds is 47. The van der Waals surface area contributed by atoms with Crippen molar-refractivity contribution in [3.63, 3.8) is 0 Å². The van der Waals surface area contributed by atoms with Gasteiger partial charge in [0.15, 0.2) is 6.10 Å². The van der Waals surface area contributed by atoms with Gasteiger partial charge in [0.1, 0.15) is 6.61 Å². The molecule has 0 aliphatic heterocycles. The van der Waals surface area contributed by atoms with Crippen LogP contribution in [0, 0.1) is 0 Å². The van der Waals surface area contributed by atoms with Gasteiger partial charge in [-0.1, -0.05) is 212 Å². The molecule has 0 rings (SSSR count). The number of allylic oxidation sites excluding steroid dienone is 4. The molecule has 0 aliphatic rings. The Morgan fingerprint density at radius 2 is 0.881 bits per heavy atom. The molecule has 0 aromatic carbocycles. The number of nitrogens with two attached hydrogens (primary N) is 1. The summed E-state index contributed by atoms with van der Waals surface area (Å²) in [6.07, 6.45) is 50.7. The largest absolute Gasteiger partial charge is 0.472 e. The lowest BCUT2D eigenvalue weighted by atomic mass is 10.0. The number of hydrogen-bond donors (Lipinski definition) is 2. The van der Waals surface area contributed by atoms with E-state index in [-0.39, 0.29) is 38.6 Å². The Labute approximate surface area is 363 Å². The molecule has 1 unspecified atom stereocenters. The number of unbranched alkanes of at least 4 members (excludes halogenated alkanes) is 30. The third-order valence-electron chi connectivity index (χ3n) is 10.8. The first-order valence-corrected chi connectivity index (χ1v) is 26.3. The van der Waals surface area contributed by atoms with Gasteiger partial charge in [0, 0.05) is 19.4 Å². The Bertz CT molecular complexity index is 1020. The molecular formula is C49H94NO8P. The Hall–Kier alpha value is -1.51. The normalized spacial score (nSPS) is 13.4. The van der Waals surface area contributed by atoms with Crippen molar-refractivity contribution < 1.29 is 37.6 Å². The molecule has 0 amide bonds. The summed E-state index contributed by atoms with van der Waals surface area (Å²) in [5.74, 6) is -0.825. The lowest BCUT2D eigenvalue weighted by molar-refractivity contribution is -0.161.